The number of rotatable bonds is 10. The van der Waals surface area contributed by atoms with Crippen LogP contribution in [0.15, 0.2) is 88.7 Å². The van der Waals surface area contributed by atoms with Crippen LogP contribution in [0.4, 0.5) is 5.69 Å². The van der Waals surface area contributed by atoms with Crippen LogP contribution in [0.1, 0.15) is 5.56 Å². The van der Waals surface area contributed by atoms with Gasteiger partial charge in [-0.05, 0) is 67.6 Å². The third-order valence-corrected chi connectivity index (χ3v) is 10.5. The number of hydrogen-bond donors (Lipinski definition) is 1. The molecule has 1 heterocycles. The summed E-state index contributed by atoms with van der Waals surface area (Å²) in [5.74, 6) is -0.546. The van der Waals surface area contributed by atoms with E-state index in [1.807, 2.05) is 37.4 Å². The fourth-order valence-corrected chi connectivity index (χ4v) is 7.13. The van der Waals surface area contributed by atoms with Gasteiger partial charge < -0.3 is 10.2 Å². The fraction of sp³-hybridized carbons (Fsp3) is 0.296. The molecule has 4 rings (SSSR count). The Labute approximate surface area is 235 Å². The zero-order valence-electron chi connectivity index (χ0n) is 21.5. The Morgan fingerprint density at radius 3 is 2.05 bits per heavy atom. The highest BCUT2D eigenvalue weighted by Gasteiger charge is 2.28. The lowest BCUT2D eigenvalue weighted by atomic mass is 10.1. The summed E-state index contributed by atoms with van der Waals surface area (Å²) in [6.07, 6.45) is 0.416. The van der Waals surface area contributed by atoms with Crippen LogP contribution in [-0.4, -0.2) is 82.6 Å². The number of carbonyl (C=O) groups is 1. The summed E-state index contributed by atoms with van der Waals surface area (Å²) >= 11 is 5.93. The molecule has 39 heavy (non-hydrogen) atoms. The smallest absolute Gasteiger partial charge is 0.243 e. The molecule has 0 aliphatic carbocycles. The molecule has 1 fully saturated rings. The van der Waals surface area contributed by atoms with E-state index >= 15 is 0 Å². The van der Waals surface area contributed by atoms with Gasteiger partial charge in [-0.3, -0.25) is 4.79 Å². The SMILES string of the molecule is CN1CCN(S(=O)(=O)c2ccc(NC(=O)CN(CCc3ccccc3)S(=O)(=O)c3ccc(Cl)cc3)cc2)CC1. The van der Waals surface area contributed by atoms with Crippen molar-refractivity contribution in [3.8, 4) is 0 Å². The Bertz CT molecular complexity index is 1480. The molecule has 0 bridgehead atoms. The van der Waals surface area contributed by atoms with Crippen molar-refractivity contribution in [3.63, 3.8) is 0 Å². The Morgan fingerprint density at radius 2 is 1.44 bits per heavy atom. The number of piperazine rings is 1. The van der Waals surface area contributed by atoms with Crippen molar-refractivity contribution in [2.45, 2.75) is 16.2 Å². The predicted octanol–water partition coefficient (Wildman–Crippen LogP) is 3.15. The Balaban J connectivity index is 1.46. The Morgan fingerprint density at radius 1 is 0.846 bits per heavy atom. The Hall–Kier alpha value is -2.80. The average Bonchev–Trinajstić information content (AvgIpc) is 2.92. The van der Waals surface area contributed by atoms with E-state index in [-0.39, 0.29) is 16.3 Å². The summed E-state index contributed by atoms with van der Waals surface area (Å²) in [4.78, 5) is 15.2. The maximum absolute atomic E-state index is 13.4. The number of nitrogens with one attached hydrogen (secondary N) is 1. The van der Waals surface area contributed by atoms with Crippen LogP contribution in [0, 0.1) is 0 Å². The number of anilines is 1. The van der Waals surface area contributed by atoms with Crippen molar-refractivity contribution in [2.75, 3.05) is 51.6 Å². The van der Waals surface area contributed by atoms with Gasteiger partial charge in [0.25, 0.3) is 0 Å². The first-order valence-corrected chi connectivity index (χ1v) is 15.7. The zero-order chi connectivity index (χ0) is 28.0. The standard InChI is InChI=1S/C27H31ClN4O5S2/c1-30-17-19-31(20-18-30)38(34,35)26-13-9-24(10-14-26)29-27(33)21-32(16-15-22-5-3-2-4-6-22)39(36,37)25-11-7-23(28)8-12-25/h2-14H,15-21H2,1H3,(H,29,33). The summed E-state index contributed by atoms with van der Waals surface area (Å²) in [6, 6.07) is 21.1. The van der Waals surface area contributed by atoms with Crippen LogP contribution in [0.5, 0.6) is 0 Å². The van der Waals surface area contributed by atoms with Gasteiger partial charge in [-0.15, -0.1) is 0 Å². The number of halogens is 1. The van der Waals surface area contributed by atoms with Crippen LogP contribution in [0.25, 0.3) is 0 Å². The molecule has 0 saturated carbocycles. The topological polar surface area (TPSA) is 107 Å². The van der Waals surface area contributed by atoms with E-state index in [0.717, 1.165) is 9.87 Å². The molecule has 0 radical (unpaired) electrons. The minimum atomic E-state index is -3.99. The number of hydrogen-bond acceptors (Lipinski definition) is 6. The van der Waals surface area contributed by atoms with Gasteiger partial charge in [0.05, 0.1) is 16.3 Å². The van der Waals surface area contributed by atoms with Crippen molar-refractivity contribution < 1.29 is 21.6 Å². The molecule has 12 heteroatoms. The molecular weight excluding hydrogens is 560 g/mol. The third-order valence-electron chi connectivity index (χ3n) is 6.50. The van der Waals surface area contributed by atoms with Gasteiger partial charge in [-0.1, -0.05) is 41.9 Å². The van der Waals surface area contributed by atoms with Gasteiger partial charge in [0.1, 0.15) is 0 Å². The first-order valence-electron chi connectivity index (χ1n) is 12.4. The molecule has 0 aromatic heterocycles. The molecule has 208 valence electrons. The highest BCUT2D eigenvalue weighted by Crippen LogP contribution is 2.21. The summed E-state index contributed by atoms with van der Waals surface area (Å²) in [5.41, 5.74) is 1.30. The summed E-state index contributed by atoms with van der Waals surface area (Å²) in [7, 11) is -5.68. The lowest BCUT2D eigenvalue weighted by Gasteiger charge is -2.31. The number of sulfonamides is 2. The summed E-state index contributed by atoms with van der Waals surface area (Å²) < 4.78 is 55.3. The molecule has 3 aromatic rings. The molecule has 1 saturated heterocycles. The second-order valence-corrected chi connectivity index (χ2v) is 13.6. The van der Waals surface area contributed by atoms with Crippen molar-refractivity contribution in [3.05, 3.63) is 89.4 Å². The van der Waals surface area contributed by atoms with E-state index in [1.54, 1.807) is 0 Å². The number of carbonyl (C=O) groups excluding carboxylic acids is 1. The minimum Gasteiger partial charge on any atom is -0.325 e. The Kier molecular flexibility index (Phi) is 9.42. The van der Waals surface area contributed by atoms with Crippen LogP contribution < -0.4 is 5.32 Å². The van der Waals surface area contributed by atoms with E-state index in [4.69, 9.17) is 11.6 Å². The highest BCUT2D eigenvalue weighted by atomic mass is 35.5. The lowest BCUT2D eigenvalue weighted by Crippen LogP contribution is -2.46. The average molecular weight is 591 g/mol. The van der Waals surface area contributed by atoms with Crippen LogP contribution in [0.3, 0.4) is 0 Å². The first-order chi connectivity index (χ1) is 18.6. The normalized spacial score (nSPS) is 15.4. The predicted molar refractivity (Wildman–Crippen MR) is 152 cm³/mol. The second-order valence-electron chi connectivity index (χ2n) is 9.31. The molecule has 9 nitrogen and oxygen atoms in total. The quantitative estimate of drug-likeness (QED) is 0.389. The van der Waals surface area contributed by atoms with Gasteiger partial charge in [0, 0.05) is 43.4 Å². The number of likely N-dealkylation sites (N-methyl/N-ethyl adjacent to an activating group) is 1. The van der Waals surface area contributed by atoms with Crippen molar-refractivity contribution in [1.29, 1.82) is 0 Å². The maximum Gasteiger partial charge on any atom is 0.243 e. The molecule has 3 aromatic carbocycles. The van der Waals surface area contributed by atoms with E-state index in [1.165, 1.54) is 52.8 Å². The first kappa shape index (κ1) is 29.2. The zero-order valence-corrected chi connectivity index (χ0v) is 23.9. The lowest BCUT2D eigenvalue weighted by molar-refractivity contribution is -0.116. The molecule has 0 unspecified atom stereocenters. The van der Waals surface area contributed by atoms with Crippen LogP contribution in [-0.2, 0) is 31.3 Å². The third kappa shape index (κ3) is 7.44. The minimum absolute atomic E-state index is 0.0335. The van der Waals surface area contributed by atoms with Gasteiger partial charge >= 0.3 is 0 Å². The molecule has 1 aliphatic heterocycles. The fourth-order valence-electron chi connectivity index (χ4n) is 4.19. The molecule has 0 spiro atoms. The van der Waals surface area contributed by atoms with Crippen molar-refractivity contribution >= 4 is 43.2 Å². The summed E-state index contributed by atoms with van der Waals surface area (Å²) in [5, 5.41) is 3.09. The molecule has 1 aliphatic rings. The van der Waals surface area contributed by atoms with Crippen LogP contribution in [0.2, 0.25) is 5.02 Å². The van der Waals surface area contributed by atoms with Crippen molar-refractivity contribution in [2.24, 2.45) is 0 Å². The van der Waals surface area contributed by atoms with Gasteiger partial charge in [-0.25, -0.2) is 16.8 Å². The molecular formula is C27H31ClN4O5S2. The maximum atomic E-state index is 13.4. The van der Waals surface area contributed by atoms with E-state index in [0.29, 0.717) is 43.3 Å². The number of nitrogens with zero attached hydrogens (tertiary/aromatic N) is 3. The number of amides is 1. The molecule has 1 amide bonds. The van der Waals surface area contributed by atoms with Gasteiger partial charge in [-0.2, -0.15) is 8.61 Å². The monoisotopic (exact) mass is 590 g/mol. The number of benzene rings is 3. The highest BCUT2D eigenvalue weighted by molar-refractivity contribution is 7.89. The summed E-state index contributed by atoms with van der Waals surface area (Å²) in [6.45, 7) is 1.82. The second kappa shape index (κ2) is 12.6. The molecule has 0 atom stereocenters. The van der Waals surface area contributed by atoms with Crippen molar-refractivity contribution in [1.82, 2.24) is 13.5 Å². The molecule has 1 N–H and O–H groups in total. The van der Waals surface area contributed by atoms with Gasteiger partial charge in [0.15, 0.2) is 0 Å². The van der Waals surface area contributed by atoms with Crippen LogP contribution >= 0.6 is 11.6 Å². The largest absolute Gasteiger partial charge is 0.325 e. The van der Waals surface area contributed by atoms with Gasteiger partial charge in [0.2, 0.25) is 26.0 Å². The van der Waals surface area contributed by atoms with E-state index < -0.39 is 32.5 Å². The van der Waals surface area contributed by atoms with E-state index in [2.05, 4.69) is 10.2 Å². The van der Waals surface area contributed by atoms with E-state index in [9.17, 15) is 21.6 Å².